The van der Waals surface area contributed by atoms with Crippen molar-refractivity contribution in [1.82, 2.24) is 0 Å². The van der Waals surface area contributed by atoms with E-state index in [1.807, 2.05) is 72.8 Å². The highest BCUT2D eigenvalue weighted by atomic mass is 16.2. The average Bonchev–Trinajstić information content (AvgIpc) is 2.92. The molecule has 5 nitrogen and oxygen atoms in total. The summed E-state index contributed by atoms with van der Waals surface area (Å²) in [6, 6.07) is 24.2. The third-order valence-electron chi connectivity index (χ3n) is 5.30. The Hall–Kier alpha value is -3.60. The molecule has 1 N–H and O–H groups in total. The summed E-state index contributed by atoms with van der Waals surface area (Å²) in [7, 11) is 1.74. The van der Waals surface area contributed by atoms with Crippen molar-refractivity contribution in [2.24, 2.45) is 0 Å². The molecule has 0 unspecified atom stereocenters. The molecule has 1 atom stereocenters. The van der Waals surface area contributed by atoms with Gasteiger partial charge in [0.25, 0.3) is 11.8 Å². The fraction of sp³-hybridized carbons (Fsp3) is 0.0909. The highest BCUT2D eigenvalue weighted by Gasteiger charge is 2.58. The standard InChI is InChI=1S/C22H17N3O2/c1-24-19-14-8-6-12-17(19)22(21(24)27)23-18-13-7-5-11-16(18)20(26)25(22)15-9-3-2-4-10-15/h2-14,23H,1H3/t22-/m1/s1. The lowest BCUT2D eigenvalue weighted by Crippen LogP contribution is -2.62. The number of hydrogen-bond donors (Lipinski definition) is 1. The molecule has 0 aromatic heterocycles. The molecule has 0 radical (unpaired) electrons. The Morgan fingerprint density at radius 2 is 1.48 bits per heavy atom. The van der Waals surface area contributed by atoms with E-state index in [1.54, 1.807) is 22.9 Å². The van der Waals surface area contributed by atoms with E-state index in [4.69, 9.17) is 0 Å². The third kappa shape index (κ3) is 1.94. The summed E-state index contributed by atoms with van der Waals surface area (Å²) in [4.78, 5) is 30.3. The summed E-state index contributed by atoms with van der Waals surface area (Å²) in [6.45, 7) is 0. The second-order valence-corrected chi connectivity index (χ2v) is 6.74. The van der Waals surface area contributed by atoms with Crippen molar-refractivity contribution in [3.05, 3.63) is 90.0 Å². The van der Waals surface area contributed by atoms with E-state index in [1.165, 1.54) is 0 Å². The van der Waals surface area contributed by atoms with Crippen molar-refractivity contribution in [3.8, 4) is 0 Å². The van der Waals surface area contributed by atoms with Crippen molar-refractivity contribution in [2.45, 2.75) is 5.66 Å². The number of benzene rings is 3. The summed E-state index contributed by atoms with van der Waals surface area (Å²) in [5.74, 6) is -0.385. The molecule has 2 aliphatic rings. The van der Waals surface area contributed by atoms with Crippen LogP contribution in [0.4, 0.5) is 17.1 Å². The molecule has 1 spiro atoms. The number of para-hydroxylation sites is 3. The molecule has 2 heterocycles. The molecule has 132 valence electrons. The van der Waals surface area contributed by atoms with Crippen LogP contribution in [0.2, 0.25) is 0 Å². The molecular formula is C22H17N3O2. The van der Waals surface area contributed by atoms with E-state index in [0.717, 1.165) is 11.3 Å². The summed E-state index contributed by atoms with van der Waals surface area (Å²) >= 11 is 0. The molecule has 2 amide bonds. The van der Waals surface area contributed by atoms with Crippen molar-refractivity contribution >= 4 is 28.9 Å². The molecule has 0 saturated heterocycles. The minimum Gasteiger partial charge on any atom is -0.350 e. The fourth-order valence-electron chi connectivity index (χ4n) is 4.07. The van der Waals surface area contributed by atoms with Crippen LogP contribution in [0, 0.1) is 0 Å². The number of likely N-dealkylation sites (N-methyl/N-ethyl adjacent to an activating group) is 1. The smallest absolute Gasteiger partial charge is 0.278 e. The first-order valence-electron chi connectivity index (χ1n) is 8.79. The lowest BCUT2D eigenvalue weighted by molar-refractivity contribution is -0.121. The number of amides is 2. The van der Waals surface area contributed by atoms with Gasteiger partial charge in [-0.25, -0.2) is 0 Å². The van der Waals surface area contributed by atoms with Gasteiger partial charge in [-0.15, -0.1) is 0 Å². The molecule has 0 saturated carbocycles. The van der Waals surface area contributed by atoms with Gasteiger partial charge < -0.3 is 10.2 Å². The first-order valence-corrected chi connectivity index (χ1v) is 8.79. The Balaban J connectivity index is 1.85. The van der Waals surface area contributed by atoms with Gasteiger partial charge in [0.05, 0.1) is 11.3 Å². The van der Waals surface area contributed by atoms with Crippen LogP contribution in [-0.4, -0.2) is 18.9 Å². The second-order valence-electron chi connectivity index (χ2n) is 6.74. The van der Waals surface area contributed by atoms with E-state index in [-0.39, 0.29) is 11.8 Å². The van der Waals surface area contributed by atoms with Gasteiger partial charge in [0.2, 0.25) is 5.66 Å². The van der Waals surface area contributed by atoms with Crippen LogP contribution in [0.3, 0.4) is 0 Å². The van der Waals surface area contributed by atoms with Gasteiger partial charge in [-0.2, -0.15) is 0 Å². The number of nitrogens with one attached hydrogen (secondary N) is 1. The summed E-state index contributed by atoms with van der Waals surface area (Å²) in [6.07, 6.45) is 0. The highest BCUT2D eigenvalue weighted by molar-refractivity contribution is 6.22. The molecule has 27 heavy (non-hydrogen) atoms. The van der Waals surface area contributed by atoms with Gasteiger partial charge in [0.1, 0.15) is 0 Å². The molecule has 3 aromatic carbocycles. The number of rotatable bonds is 1. The maximum absolute atomic E-state index is 13.6. The Bertz CT molecular complexity index is 1080. The molecule has 0 aliphatic carbocycles. The fourth-order valence-corrected chi connectivity index (χ4v) is 4.07. The SMILES string of the molecule is CN1C(=O)[C@@]2(Nc3ccccc3C(=O)N2c2ccccc2)c2ccccc21. The molecule has 3 aromatic rings. The van der Waals surface area contributed by atoms with Gasteiger partial charge in [0, 0.05) is 24.0 Å². The summed E-state index contributed by atoms with van der Waals surface area (Å²) in [5, 5.41) is 3.40. The number of fused-ring (bicyclic) bond motifs is 3. The van der Waals surface area contributed by atoms with Crippen LogP contribution >= 0.6 is 0 Å². The minimum atomic E-state index is -1.31. The second kappa shape index (κ2) is 5.45. The van der Waals surface area contributed by atoms with E-state index >= 15 is 0 Å². The Kier molecular flexibility index (Phi) is 3.15. The molecule has 0 fully saturated rings. The molecule has 0 bridgehead atoms. The van der Waals surface area contributed by atoms with Gasteiger partial charge in [-0.3, -0.25) is 14.5 Å². The molecule has 5 rings (SSSR count). The quantitative estimate of drug-likeness (QED) is 0.726. The maximum Gasteiger partial charge on any atom is 0.278 e. The predicted octanol–water partition coefficient (Wildman–Crippen LogP) is 3.59. The Morgan fingerprint density at radius 1 is 0.815 bits per heavy atom. The van der Waals surface area contributed by atoms with Gasteiger partial charge in [0.15, 0.2) is 0 Å². The largest absolute Gasteiger partial charge is 0.350 e. The van der Waals surface area contributed by atoms with Crippen molar-refractivity contribution < 1.29 is 9.59 Å². The monoisotopic (exact) mass is 355 g/mol. The Morgan fingerprint density at radius 3 is 2.30 bits per heavy atom. The predicted molar refractivity (Wildman–Crippen MR) is 105 cm³/mol. The highest BCUT2D eigenvalue weighted by Crippen LogP contribution is 2.48. The van der Waals surface area contributed by atoms with Crippen molar-refractivity contribution in [2.75, 3.05) is 22.2 Å². The number of carbonyl (C=O) groups excluding carboxylic acids is 2. The van der Waals surface area contributed by atoms with Gasteiger partial charge in [-0.05, 0) is 30.3 Å². The van der Waals surface area contributed by atoms with Crippen LogP contribution in [0.5, 0.6) is 0 Å². The average molecular weight is 355 g/mol. The number of hydrogen-bond acceptors (Lipinski definition) is 3. The summed E-state index contributed by atoms with van der Waals surface area (Å²) < 4.78 is 0. The normalized spacial score (nSPS) is 20.5. The Labute approximate surface area is 156 Å². The lowest BCUT2D eigenvalue weighted by atomic mass is 9.92. The number of nitrogens with zero attached hydrogens (tertiary/aromatic N) is 2. The molecule has 5 heteroatoms. The van der Waals surface area contributed by atoms with E-state index < -0.39 is 5.66 Å². The minimum absolute atomic E-state index is 0.185. The molecule has 2 aliphatic heterocycles. The topological polar surface area (TPSA) is 52.7 Å². The van der Waals surface area contributed by atoms with E-state index in [0.29, 0.717) is 16.9 Å². The van der Waals surface area contributed by atoms with Crippen LogP contribution in [0.15, 0.2) is 78.9 Å². The maximum atomic E-state index is 13.6. The lowest BCUT2D eigenvalue weighted by Gasteiger charge is -2.44. The molecular weight excluding hydrogens is 338 g/mol. The van der Waals surface area contributed by atoms with Crippen molar-refractivity contribution in [3.63, 3.8) is 0 Å². The van der Waals surface area contributed by atoms with Crippen molar-refractivity contribution in [1.29, 1.82) is 0 Å². The third-order valence-corrected chi connectivity index (χ3v) is 5.30. The summed E-state index contributed by atoms with van der Waals surface area (Å²) in [5.41, 5.74) is 2.13. The van der Waals surface area contributed by atoms with E-state index in [9.17, 15) is 9.59 Å². The van der Waals surface area contributed by atoms with Gasteiger partial charge in [-0.1, -0.05) is 48.5 Å². The van der Waals surface area contributed by atoms with Crippen LogP contribution < -0.4 is 15.1 Å². The van der Waals surface area contributed by atoms with E-state index in [2.05, 4.69) is 5.32 Å². The zero-order valence-electron chi connectivity index (χ0n) is 14.7. The first kappa shape index (κ1) is 15.6. The zero-order chi connectivity index (χ0) is 18.6. The first-order chi connectivity index (χ1) is 13.1. The van der Waals surface area contributed by atoms with Gasteiger partial charge >= 0.3 is 0 Å². The number of carbonyl (C=O) groups is 2. The van der Waals surface area contributed by atoms with Crippen LogP contribution in [0.25, 0.3) is 0 Å². The van der Waals surface area contributed by atoms with Crippen LogP contribution in [0.1, 0.15) is 15.9 Å². The number of anilines is 3. The van der Waals surface area contributed by atoms with Crippen LogP contribution in [-0.2, 0) is 10.5 Å². The zero-order valence-corrected chi connectivity index (χ0v) is 14.7.